The van der Waals surface area contributed by atoms with Gasteiger partial charge in [-0.1, -0.05) is 6.07 Å². The number of carboxylic acid groups (broad SMARTS) is 1. The van der Waals surface area contributed by atoms with E-state index in [9.17, 15) is 14.7 Å². The molecule has 0 heterocycles. The van der Waals surface area contributed by atoms with Crippen molar-refractivity contribution in [2.75, 3.05) is 19.5 Å². The number of anilines is 1. The van der Waals surface area contributed by atoms with Crippen LogP contribution >= 0.6 is 22.6 Å². The number of carbonyl (C=O) groups is 2. The number of aromatic carboxylic acids is 1. The Morgan fingerprint density at radius 2 is 1.70 bits per heavy atom. The first-order valence-corrected chi connectivity index (χ1v) is 7.61. The third-order valence-electron chi connectivity index (χ3n) is 3.12. The molecule has 0 bridgehead atoms. The van der Waals surface area contributed by atoms with Gasteiger partial charge in [-0.15, -0.1) is 0 Å². The molecule has 0 unspecified atom stereocenters. The molecule has 2 aromatic rings. The van der Waals surface area contributed by atoms with Gasteiger partial charge in [0.25, 0.3) is 5.91 Å². The standard InChI is InChI=1S/C16H14INO5/c1-22-12-4-3-5-13(23-2)14(12)15(19)18-11-7-6-9(17)8-10(11)16(20)21/h3-8H,1-2H3,(H,18,19)(H,20,21). The lowest BCUT2D eigenvalue weighted by Crippen LogP contribution is -2.17. The van der Waals surface area contributed by atoms with Crippen LogP contribution in [-0.4, -0.2) is 31.2 Å². The van der Waals surface area contributed by atoms with E-state index in [2.05, 4.69) is 5.32 Å². The molecule has 2 N–H and O–H groups in total. The number of amides is 1. The van der Waals surface area contributed by atoms with Gasteiger partial charge in [-0.2, -0.15) is 0 Å². The third-order valence-corrected chi connectivity index (χ3v) is 3.79. The molecule has 120 valence electrons. The number of carbonyl (C=O) groups excluding carboxylic acids is 1. The number of ether oxygens (including phenoxy) is 2. The molecule has 0 atom stereocenters. The Kier molecular flexibility index (Phi) is 5.43. The monoisotopic (exact) mass is 427 g/mol. The zero-order valence-electron chi connectivity index (χ0n) is 12.4. The highest BCUT2D eigenvalue weighted by Crippen LogP contribution is 2.29. The van der Waals surface area contributed by atoms with Crippen LogP contribution in [0.1, 0.15) is 20.7 Å². The van der Waals surface area contributed by atoms with E-state index in [0.717, 1.165) is 3.57 Å². The fraction of sp³-hybridized carbons (Fsp3) is 0.125. The fourth-order valence-electron chi connectivity index (χ4n) is 2.06. The van der Waals surface area contributed by atoms with Crippen LogP contribution in [0.3, 0.4) is 0 Å². The summed E-state index contributed by atoms with van der Waals surface area (Å²) in [5, 5.41) is 11.9. The van der Waals surface area contributed by atoms with Crippen LogP contribution in [0.2, 0.25) is 0 Å². The van der Waals surface area contributed by atoms with Crippen LogP contribution in [0.4, 0.5) is 5.69 Å². The normalized spacial score (nSPS) is 10.0. The second kappa shape index (κ2) is 7.32. The van der Waals surface area contributed by atoms with E-state index >= 15 is 0 Å². The minimum absolute atomic E-state index is 0.0131. The Labute approximate surface area is 146 Å². The smallest absolute Gasteiger partial charge is 0.337 e. The molecule has 0 aromatic heterocycles. The highest BCUT2D eigenvalue weighted by Gasteiger charge is 2.20. The van der Waals surface area contributed by atoms with Crippen LogP contribution in [-0.2, 0) is 0 Å². The highest BCUT2D eigenvalue weighted by molar-refractivity contribution is 14.1. The first-order chi connectivity index (χ1) is 11.0. The number of carboxylic acids is 1. The van der Waals surface area contributed by atoms with Crippen molar-refractivity contribution in [2.24, 2.45) is 0 Å². The predicted molar refractivity (Wildman–Crippen MR) is 93.6 cm³/mol. The Hall–Kier alpha value is -2.29. The molecular formula is C16H14INO5. The summed E-state index contributed by atoms with van der Waals surface area (Å²) in [5.41, 5.74) is 0.419. The van der Waals surface area contributed by atoms with Gasteiger partial charge >= 0.3 is 5.97 Å². The lowest BCUT2D eigenvalue weighted by atomic mass is 10.1. The van der Waals surface area contributed by atoms with Gasteiger partial charge in [0.05, 0.1) is 25.5 Å². The van der Waals surface area contributed by atoms with Crippen molar-refractivity contribution in [3.8, 4) is 11.5 Å². The molecule has 0 aliphatic rings. The molecule has 6 nitrogen and oxygen atoms in total. The number of rotatable bonds is 5. The molecule has 7 heteroatoms. The Bertz CT molecular complexity index is 738. The Morgan fingerprint density at radius 3 is 2.22 bits per heavy atom. The van der Waals surface area contributed by atoms with E-state index in [1.807, 2.05) is 22.6 Å². The summed E-state index contributed by atoms with van der Waals surface area (Å²) in [5.74, 6) is -0.956. The molecule has 0 saturated carbocycles. The summed E-state index contributed by atoms with van der Waals surface area (Å²) in [6, 6.07) is 9.69. The topological polar surface area (TPSA) is 84.9 Å². The van der Waals surface area contributed by atoms with E-state index in [1.54, 1.807) is 30.3 Å². The zero-order chi connectivity index (χ0) is 17.0. The van der Waals surface area contributed by atoms with E-state index in [-0.39, 0.29) is 16.8 Å². The van der Waals surface area contributed by atoms with Gasteiger partial charge in [-0.3, -0.25) is 4.79 Å². The summed E-state index contributed by atoms with van der Waals surface area (Å²) >= 11 is 2.01. The average molecular weight is 427 g/mol. The molecule has 2 rings (SSSR count). The van der Waals surface area contributed by atoms with Gasteiger partial charge in [0.1, 0.15) is 17.1 Å². The molecular weight excluding hydrogens is 413 g/mol. The molecule has 0 radical (unpaired) electrons. The van der Waals surface area contributed by atoms with Crippen molar-refractivity contribution in [2.45, 2.75) is 0 Å². The van der Waals surface area contributed by atoms with Crippen molar-refractivity contribution >= 4 is 40.2 Å². The van der Waals surface area contributed by atoms with E-state index < -0.39 is 11.9 Å². The maximum atomic E-state index is 12.6. The maximum absolute atomic E-state index is 12.6. The second-order valence-electron chi connectivity index (χ2n) is 4.49. The van der Waals surface area contributed by atoms with E-state index in [4.69, 9.17) is 9.47 Å². The van der Waals surface area contributed by atoms with Gasteiger partial charge in [-0.05, 0) is 52.9 Å². The van der Waals surface area contributed by atoms with Crippen molar-refractivity contribution < 1.29 is 24.2 Å². The van der Waals surface area contributed by atoms with E-state index in [1.165, 1.54) is 20.3 Å². The SMILES string of the molecule is COc1cccc(OC)c1C(=O)Nc1ccc(I)cc1C(=O)O. The lowest BCUT2D eigenvalue weighted by molar-refractivity contribution is 0.0698. The van der Waals surface area contributed by atoms with Gasteiger partial charge < -0.3 is 19.9 Å². The largest absolute Gasteiger partial charge is 0.496 e. The van der Waals surface area contributed by atoms with Crippen LogP contribution in [0.15, 0.2) is 36.4 Å². The minimum atomic E-state index is -1.12. The lowest BCUT2D eigenvalue weighted by Gasteiger charge is -2.14. The van der Waals surface area contributed by atoms with E-state index in [0.29, 0.717) is 11.5 Å². The van der Waals surface area contributed by atoms with Crippen molar-refractivity contribution in [1.82, 2.24) is 0 Å². The number of methoxy groups -OCH3 is 2. The second-order valence-corrected chi connectivity index (χ2v) is 5.73. The Morgan fingerprint density at radius 1 is 1.09 bits per heavy atom. The summed E-state index contributed by atoms with van der Waals surface area (Å²) < 4.78 is 11.1. The van der Waals surface area contributed by atoms with Crippen LogP contribution in [0, 0.1) is 3.57 Å². The third kappa shape index (κ3) is 3.73. The van der Waals surface area contributed by atoms with Gasteiger partial charge in [0, 0.05) is 3.57 Å². The van der Waals surface area contributed by atoms with Crippen molar-refractivity contribution in [3.63, 3.8) is 0 Å². The molecule has 0 fully saturated rings. The number of nitrogens with one attached hydrogen (secondary N) is 1. The first kappa shape index (κ1) is 17.1. The summed E-state index contributed by atoms with van der Waals surface area (Å²) in [6.45, 7) is 0. The van der Waals surface area contributed by atoms with Crippen molar-refractivity contribution in [3.05, 3.63) is 51.1 Å². The fourth-order valence-corrected chi connectivity index (χ4v) is 2.55. The minimum Gasteiger partial charge on any atom is -0.496 e. The highest BCUT2D eigenvalue weighted by atomic mass is 127. The van der Waals surface area contributed by atoms with Gasteiger partial charge in [0.15, 0.2) is 0 Å². The number of hydrogen-bond donors (Lipinski definition) is 2. The van der Waals surface area contributed by atoms with Crippen molar-refractivity contribution in [1.29, 1.82) is 0 Å². The number of hydrogen-bond acceptors (Lipinski definition) is 4. The van der Waals surface area contributed by atoms with Crippen LogP contribution in [0.25, 0.3) is 0 Å². The average Bonchev–Trinajstić information content (AvgIpc) is 2.55. The van der Waals surface area contributed by atoms with Gasteiger partial charge in [0.2, 0.25) is 0 Å². The molecule has 0 saturated heterocycles. The summed E-state index contributed by atoms with van der Waals surface area (Å²) in [4.78, 5) is 23.9. The number of benzene rings is 2. The molecule has 0 aliphatic heterocycles. The van der Waals surface area contributed by atoms with Crippen LogP contribution in [0.5, 0.6) is 11.5 Å². The Balaban J connectivity index is 2.43. The zero-order valence-corrected chi connectivity index (χ0v) is 14.6. The van der Waals surface area contributed by atoms with Crippen LogP contribution < -0.4 is 14.8 Å². The first-order valence-electron chi connectivity index (χ1n) is 6.53. The molecule has 0 spiro atoms. The number of halogens is 1. The predicted octanol–water partition coefficient (Wildman–Crippen LogP) is 3.26. The molecule has 1 amide bonds. The molecule has 2 aromatic carbocycles. The molecule has 0 aliphatic carbocycles. The summed E-state index contributed by atoms with van der Waals surface area (Å²) in [7, 11) is 2.89. The maximum Gasteiger partial charge on any atom is 0.337 e. The van der Waals surface area contributed by atoms with Gasteiger partial charge in [-0.25, -0.2) is 4.79 Å². The summed E-state index contributed by atoms with van der Waals surface area (Å²) in [6.07, 6.45) is 0. The molecule has 23 heavy (non-hydrogen) atoms. The quantitative estimate of drug-likeness (QED) is 0.716.